The Bertz CT molecular complexity index is 392. The fraction of sp³-hybridized carbons (Fsp3) is 0.500. The number of aromatic hydroxyl groups is 1. The maximum absolute atomic E-state index is 12.1. The molecule has 4 heteroatoms. The molecule has 1 aliphatic heterocycles. The second-order valence-electron chi connectivity index (χ2n) is 4.07. The van der Waals surface area contributed by atoms with Gasteiger partial charge in [-0.05, 0) is 31.4 Å². The molecule has 1 fully saturated rings. The normalized spacial score (nSPS) is 20.1. The van der Waals surface area contributed by atoms with E-state index in [-0.39, 0.29) is 17.4 Å². The molecule has 0 saturated carbocycles. The highest BCUT2D eigenvalue weighted by Crippen LogP contribution is 2.24. The minimum Gasteiger partial charge on any atom is -0.505 e. The van der Waals surface area contributed by atoms with E-state index >= 15 is 0 Å². The van der Waals surface area contributed by atoms with Crippen molar-refractivity contribution in [2.75, 3.05) is 6.54 Å². The minimum absolute atomic E-state index is 0.0331. The molecule has 0 aromatic carbocycles. The maximum atomic E-state index is 12.1. The number of hydrogen-bond donors (Lipinski definition) is 1. The molecular formula is C12H16N2O2. The SMILES string of the molecule is CCC1CCCN1C(=O)c1ncccc1O. The van der Waals surface area contributed by atoms with Gasteiger partial charge >= 0.3 is 0 Å². The molecule has 0 bridgehead atoms. The Hall–Kier alpha value is -1.58. The lowest BCUT2D eigenvalue weighted by molar-refractivity contribution is 0.0724. The standard InChI is InChI=1S/C12H16N2O2/c1-2-9-5-4-8-14(9)12(16)11-10(15)6-3-7-13-11/h3,6-7,9,15H,2,4-5,8H2,1H3. The van der Waals surface area contributed by atoms with E-state index in [1.165, 1.54) is 12.3 Å². The predicted molar refractivity (Wildman–Crippen MR) is 60.3 cm³/mol. The van der Waals surface area contributed by atoms with Gasteiger partial charge in [-0.2, -0.15) is 0 Å². The minimum atomic E-state index is -0.151. The van der Waals surface area contributed by atoms with Gasteiger partial charge in [0.15, 0.2) is 5.69 Å². The number of carbonyl (C=O) groups is 1. The molecular weight excluding hydrogens is 204 g/mol. The highest BCUT2D eigenvalue weighted by Gasteiger charge is 2.29. The van der Waals surface area contributed by atoms with E-state index in [9.17, 15) is 9.90 Å². The van der Waals surface area contributed by atoms with Gasteiger partial charge in [-0.3, -0.25) is 4.79 Å². The van der Waals surface area contributed by atoms with Gasteiger partial charge < -0.3 is 10.0 Å². The molecule has 0 spiro atoms. The van der Waals surface area contributed by atoms with Crippen LogP contribution in [0.5, 0.6) is 5.75 Å². The van der Waals surface area contributed by atoms with Crippen LogP contribution >= 0.6 is 0 Å². The highest BCUT2D eigenvalue weighted by atomic mass is 16.3. The van der Waals surface area contributed by atoms with Crippen LogP contribution in [-0.2, 0) is 0 Å². The van der Waals surface area contributed by atoms with Gasteiger partial charge in [0.25, 0.3) is 5.91 Å². The van der Waals surface area contributed by atoms with Crippen LogP contribution in [0.3, 0.4) is 0 Å². The first-order valence-electron chi connectivity index (χ1n) is 5.69. The molecule has 2 heterocycles. The molecule has 1 amide bonds. The number of rotatable bonds is 2. The zero-order chi connectivity index (χ0) is 11.5. The van der Waals surface area contributed by atoms with Crippen LogP contribution in [0.2, 0.25) is 0 Å². The molecule has 0 aliphatic carbocycles. The molecule has 16 heavy (non-hydrogen) atoms. The van der Waals surface area contributed by atoms with Gasteiger partial charge in [0.2, 0.25) is 0 Å². The number of carbonyl (C=O) groups excluding carboxylic acids is 1. The van der Waals surface area contributed by atoms with E-state index < -0.39 is 0 Å². The molecule has 4 nitrogen and oxygen atoms in total. The van der Waals surface area contributed by atoms with E-state index in [1.54, 1.807) is 6.07 Å². The summed E-state index contributed by atoms with van der Waals surface area (Å²) in [6.45, 7) is 2.85. The number of hydrogen-bond acceptors (Lipinski definition) is 3. The van der Waals surface area contributed by atoms with Crippen LogP contribution in [0, 0.1) is 0 Å². The molecule has 1 saturated heterocycles. The van der Waals surface area contributed by atoms with Gasteiger partial charge in [-0.25, -0.2) is 4.98 Å². The summed E-state index contributed by atoms with van der Waals surface area (Å²) in [5.74, 6) is -0.184. The average molecular weight is 220 g/mol. The Morgan fingerprint density at radius 3 is 3.19 bits per heavy atom. The lowest BCUT2D eigenvalue weighted by Gasteiger charge is -2.23. The van der Waals surface area contributed by atoms with Crippen molar-refractivity contribution in [2.45, 2.75) is 32.2 Å². The smallest absolute Gasteiger partial charge is 0.276 e. The van der Waals surface area contributed by atoms with E-state index in [0.717, 1.165) is 25.8 Å². The topological polar surface area (TPSA) is 53.4 Å². The second-order valence-corrected chi connectivity index (χ2v) is 4.07. The van der Waals surface area contributed by atoms with Gasteiger partial charge in [-0.15, -0.1) is 0 Å². The maximum Gasteiger partial charge on any atom is 0.276 e. The van der Waals surface area contributed by atoms with E-state index in [2.05, 4.69) is 11.9 Å². The van der Waals surface area contributed by atoms with Gasteiger partial charge in [0, 0.05) is 18.8 Å². The third-order valence-corrected chi connectivity index (χ3v) is 3.10. The van der Waals surface area contributed by atoms with Crippen LogP contribution in [-0.4, -0.2) is 33.5 Å². The fourth-order valence-corrected chi connectivity index (χ4v) is 2.23. The van der Waals surface area contributed by atoms with Crippen molar-refractivity contribution in [3.05, 3.63) is 24.0 Å². The zero-order valence-corrected chi connectivity index (χ0v) is 9.39. The first-order valence-corrected chi connectivity index (χ1v) is 5.69. The van der Waals surface area contributed by atoms with Gasteiger partial charge in [0.1, 0.15) is 5.75 Å². The van der Waals surface area contributed by atoms with E-state index in [1.807, 2.05) is 4.90 Å². The number of likely N-dealkylation sites (tertiary alicyclic amines) is 1. The van der Waals surface area contributed by atoms with E-state index in [4.69, 9.17) is 0 Å². The number of pyridine rings is 1. The summed E-state index contributed by atoms with van der Waals surface area (Å²) in [4.78, 5) is 17.9. The van der Waals surface area contributed by atoms with Crippen LogP contribution in [0.25, 0.3) is 0 Å². The molecule has 1 unspecified atom stereocenters. The van der Waals surface area contributed by atoms with Crippen molar-refractivity contribution in [1.29, 1.82) is 0 Å². The van der Waals surface area contributed by atoms with Crippen molar-refractivity contribution in [3.63, 3.8) is 0 Å². The fourth-order valence-electron chi connectivity index (χ4n) is 2.23. The van der Waals surface area contributed by atoms with Crippen LogP contribution in [0.1, 0.15) is 36.7 Å². The van der Waals surface area contributed by atoms with Gasteiger partial charge in [-0.1, -0.05) is 6.92 Å². The number of amides is 1. The third kappa shape index (κ3) is 1.87. The van der Waals surface area contributed by atoms with Crippen LogP contribution < -0.4 is 0 Å². The molecule has 1 N–H and O–H groups in total. The van der Waals surface area contributed by atoms with Crippen molar-refractivity contribution in [2.24, 2.45) is 0 Å². The average Bonchev–Trinajstić information content (AvgIpc) is 2.77. The summed E-state index contributed by atoms with van der Waals surface area (Å²) >= 11 is 0. The summed E-state index contributed by atoms with van der Waals surface area (Å²) < 4.78 is 0. The molecule has 86 valence electrons. The van der Waals surface area contributed by atoms with Crippen molar-refractivity contribution < 1.29 is 9.90 Å². The molecule has 0 radical (unpaired) electrons. The zero-order valence-electron chi connectivity index (χ0n) is 9.39. The second kappa shape index (κ2) is 4.51. The van der Waals surface area contributed by atoms with Crippen LogP contribution in [0.4, 0.5) is 0 Å². The van der Waals surface area contributed by atoms with Crippen molar-refractivity contribution in [1.82, 2.24) is 9.88 Å². The van der Waals surface area contributed by atoms with E-state index in [0.29, 0.717) is 6.04 Å². The number of nitrogens with zero attached hydrogens (tertiary/aromatic N) is 2. The Morgan fingerprint density at radius 1 is 1.69 bits per heavy atom. The Balaban J connectivity index is 2.22. The molecule has 1 atom stereocenters. The Morgan fingerprint density at radius 2 is 2.50 bits per heavy atom. The Labute approximate surface area is 94.9 Å². The summed E-state index contributed by atoms with van der Waals surface area (Å²) in [5, 5.41) is 9.59. The third-order valence-electron chi connectivity index (χ3n) is 3.10. The monoisotopic (exact) mass is 220 g/mol. The molecule has 1 aromatic heterocycles. The molecule has 2 rings (SSSR count). The summed E-state index contributed by atoms with van der Waals surface area (Å²) in [5.41, 5.74) is 0.169. The lowest BCUT2D eigenvalue weighted by atomic mass is 10.1. The first kappa shape index (κ1) is 10.9. The number of aromatic nitrogens is 1. The summed E-state index contributed by atoms with van der Waals surface area (Å²) in [7, 11) is 0. The quantitative estimate of drug-likeness (QED) is 0.826. The highest BCUT2D eigenvalue weighted by molar-refractivity contribution is 5.95. The van der Waals surface area contributed by atoms with Gasteiger partial charge in [0.05, 0.1) is 0 Å². The summed E-state index contributed by atoms with van der Waals surface area (Å²) in [6, 6.07) is 3.42. The van der Waals surface area contributed by atoms with Crippen molar-refractivity contribution in [3.8, 4) is 5.75 Å². The Kier molecular flexibility index (Phi) is 3.08. The lowest BCUT2D eigenvalue weighted by Crippen LogP contribution is -2.35. The predicted octanol–water partition coefficient (Wildman–Crippen LogP) is 1.80. The first-order chi connectivity index (χ1) is 7.74. The molecule has 1 aliphatic rings. The van der Waals surface area contributed by atoms with Crippen molar-refractivity contribution >= 4 is 5.91 Å². The summed E-state index contributed by atoms with van der Waals surface area (Å²) in [6.07, 6.45) is 4.58. The molecule has 1 aromatic rings. The van der Waals surface area contributed by atoms with Crippen LogP contribution in [0.15, 0.2) is 18.3 Å². The largest absolute Gasteiger partial charge is 0.505 e.